The molecule has 1 aromatic carbocycles. The minimum atomic E-state index is -0.325. The summed E-state index contributed by atoms with van der Waals surface area (Å²) in [6.45, 7) is 2.85. The number of ether oxygens (including phenoxy) is 1. The smallest absolute Gasteiger partial charge is 0.162 e. The molecule has 0 aliphatic rings. The van der Waals surface area contributed by atoms with E-state index in [2.05, 4.69) is 6.92 Å². The van der Waals surface area contributed by atoms with Crippen molar-refractivity contribution < 1.29 is 13.9 Å². The maximum atomic E-state index is 13.3. The maximum absolute atomic E-state index is 13.3. The summed E-state index contributed by atoms with van der Waals surface area (Å²) in [4.78, 5) is 11.6. The van der Waals surface area contributed by atoms with Gasteiger partial charge in [-0.3, -0.25) is 4.79 Å². The van der Waals surface area contributed by atoms with Crippen LogP contribution in [0.5, 0.6) is 0 Å². The maximum Gasteiger partial charge on any atom is 0.162 e. The molecule has 0 spiro atoms. The van der Waals surface area contributed by atoms with Crippen LogP contribution in [0, 0.1) is 5.82 Å². The van der Waals surface area contributed by atoms with Crippen LogP contribution in [0.15, 0.2) is 24.3 Å². The molecule has 0 saturated carbocycles. The quantitative estimate of drug-likeness (QED) is 0.628. The lowest BCUT2D eigenvalue weighted by Gasteiger charge is -2.04. The Morgan fingerprint density at radius 2 is 2.00 bits per heavy atom. The fraction of sp³-hybridized carbons (Fsp3) is 0.533. The Bertz CT molecular complexity index is 363. The van der Waals surface area contributed by atoms with Gasteiger partial charge in [0.15, 0.2) is 5.78 Å². The lowest BCUT2D eigenvalue weighted by Crippen LogP contribution is -2.13. The Morgan fingerprint density at radius 3 is 2.72 bits per heavy atom. The van der Waals surface area contributed by atoms with Gasteiger partial charge in [-0.15, -0.1) is 0 Å². The minimum absolute atomic E-state index is 0.0735. The second-order valence-corrected chi connectivity index (χ2v) is 4.42. The molecule has 18 heavy (non-hydrogen) atoms. The number of benzene rings is 1. The van der Waals surface area contributed by atoms with E-state index in [-0.39, 0.29) is 24.6 Å². The molecule has 0 amide bonds. The Kier molecular flexibility index (Phi) is 7.26. The van der Waals surface area contributed by atoms with Crippen LogP contribution < -0.4 is 0 Å². The number of hydrogen-bond donors (Lipinski definition) is 0. The van der Waals surface area contributed by atoms with Gasteiger partial charge in [-0.25, -0.2) is 4.39 Å². The zero-order chi connectivity index (χ0) is 13.2. The number of hydrogen-bond acceptors (Lipinski definition) is 2. The fourth-order valence-corrected chi connectivity index (χ4v) is 1.72. The molecular weight excluding hydrogens is 231 g/mol. The Balaban J connectivity index is 2.16. The number of halogens is 1. The van der Waals surface area contributed by atoms with Crippen LogP contribution in [-0.4, -0.2) is 19.0 Å². The first-order valence-corrected chi connectivity index (χ1v) is 6.57. The molecule has 0 saturated heterocycles. The third kappa shape index (κ3) is 5.92. The van der Waals surface area contributed by atoms with Gasteiger partial charge in [0, 0.05) is 13.0 Å². The summed E-state index contributed by atoms with van der Waals surface area (Å²) >= 11 is 0. The molecule has 0 heterocycles. The third-order valence-corrected chi connectivity index (χ3v) is 2.75. The molecule has 0 aliphatic heterocycles. The van der Waals surface area contributed by atoms with Crippen molar-refractivity contribution in [3.05, 3.63) is 35.6 Å². The van der Waals surface area contributed by atoms with E-state index < -0.39 is 0 Å². The van der Waals surface area contributed by atoms with E-state index in [1.807, 2.05) is 0 Å². The van der Waals surface area contributed by atoms with Gasteiger partial charge in [0.1, 0.15) is 12.4 Å². The van der Waals surface area contributed by atoms with E-state index in [9.17, 15) is 9.18 Å². The van der Waals surface area contributed by atoms with Gasteiger partial charge in [0.2, 0.25) is 0 Å². The second kappa shape index (κ2) is 8.81. The number of ketones is 1. The van der Waals surface area contributed by atoms with Gasteiger partial charge in [0.05, 0.1) is 0 Å². The highest BCUT2D eigenvalue weighted by atomic mass is 19.1. The number of carbonyl (C=O) groups is 1. The highest BCUT2D eigenvalue weighted by molar-refractivity contribution is 5.82. The third-order valence-electron chi connectivity index (χ3n) is 2.75. The predicted octanol–water partition coefficient (Wildman–Crippen LogP) is 3.53. The van der Waals surface area contributed by atoms with Gasteiger partial charge < -0.3 is 4.74 Å². The van der Waals surface area contributed by atoms with Crippen LogP contribution >= 0.6 is 0 Å². The van der Waals surface area contributed by atoms with Gasteiger partial charge in [0.25, 0.3) is 0 Å². The van der Waals surface area contributed by atoms with Gasteiger partial charge in [-0.2, -0.15) is 0 Å². The van der Waals surface area contributed by atoms with Crippen molar-refractivity contribution in [1.29, 1.82) is 0 Å². The SMILES string of the molecule is CCCCCCOCC(=O)Cc1ccccc1F. The molecule has 0 atom stereocenters. The van der Waals surface area contributed by atoms with Crippen molar-refractivity contribution in [3.8, 4) is 0 Å². The molecular formula is C15H21FO2. The van der Waals surface area contributed by atoms with Crippen molar-refractivity contribution in [3.63, 3.8) is 0 Å². The molecule has 3 heteroatoms. The topological polar surface area (TPSA) is 26.3 Å². The monoisotopic (exact) mass is 252 g/mol. The first-order chi connectivity index (χ1) is 8.74. The zero-order valence-electron chi connectivity index (χ0n) is 11.0. The largest absolute Gasteiger partial charge is 0.374 e. The van der Waals surface area contributed by atoms with E-state index >= 15 is 0 Å². The van der Waals surface area contributed by atoms with Crippen LogP contribution in [0.3, 0.4) is 0 Å². The molecule has 0 bridgehead atoms. The molecule has 1 aromatic rings. The summed E-state index contributed by atoms with van der Waals surface area (Å²) in [5.41, 5.74) is 0.442. The van der Waals surface area contributed by atoms with Crippen LogP contribution in [0.2, 0.25) is 0 Å². The lowest BCUT2D eigenvalue weighted by molar-refractivity contribution is -0.123. The van der Waals surface area contributed by atoms with Crippen LogP contribution in [0.4, 0.5) is 4.39 Å². The molecule has 100 valence electrons. The summed E-state index contributed by atoms with van der Waals surface area (Å²) in [6.07, 6.45) is 4.62. The molecule has 0 unspecified atom stereocenters. The van der Waals surface area contributed by atoms with E-state index in [1.165, 1.54) is 18.9 Å². The van der Waals surface area contributed by atoms with Crippen molar-refractivity contribution in [2.45, 2.75) is 39.0 Å². The number of rotatable bonds is 9. The zero-order valence-corrected chi connectivity index (χ0v) is 11.0. The summed E-state index contributed by atoms with van der Waals surface area (Å²) in [7, 11) is 0. The molecule has 0 aliphatic carbocycles. The van der Waals surface area contributed by atoms with Crippen molar-refractivity contribution in [2.75, 3.05) is 13.2 Å². The van der Waals surface area contributed by atoms with Crippen LogP contribution in [0.25, 0.3) is 0 Å². The van der Waals surface area contributed by atoms with E-state index in [4.69, 9.17) is 4.74 Å². The Labute approximate surface area is 108 Å². The molecule has 0 N–H and O–H groups in total. The van der Waals surface area contributed by atoms with Crippen LogP contribution in [0.1, 0.15) is 38.2 Å². The van der Waals surface area contributed by atoms with Crippen molar-refractivity contribution in [2.24, 2.45) is 0 Å². The van der Waals surface area contributed by atoms with Crippen LogP contribution in [-0.2, 0) is 16.0 Å². The number of Topliss-reactive ketones (excluding diaryl/α,β-unsaturated/α-hetero) is 1. The minimum Gasteiger partial charge on any atom is -0.374 e. The second-order valence-electron chi connectivity index (χ2n) is 4.42. The Hall–Kier alpha value is -1.22. The van der Waals surface area contributed by atoms with Gasteiger partial charge >= 0.3 is 0 Å². The predicted molar refractivity (Wildman–Crippen MR) is 70.1 cm³/mol. The fourth-order valence-electron chi connectivity index (χ4n) is 1.72. The van der Waals surface area contributed by atoms with Crippen molar-refractivity contribution in [1.82, 2.24) is 0 Å². The first-order valence-electron chi connectivity index (χ1n) is 6.57. The summed E-state index contributed by atoms with van der Waals surface area (Å²) in [5, 5.41) is 0. The molecule has 0 radical (unpaired) electrons. The van der Waals surface area contributed by atoms with E-state index in [1.54, 1.807) is 18.2 Å². The van der Waals surface area contributed by atoms with Gasteiger partial charge in [-0.1, -0.05) is 44.4 Å². The Morgan fingerprint density at radius 1 is 1.22 bits per heavy atom. The molecule has 2 nitrogen and oxygen atoms in total. The highest BCUT2D eigenvalue weighted by Gasteiger charge is 2.07. The normalized spacial score (nSPS) is 10.6. The molecule has 0 aromatic heterocycles. The highest BCUT2D eigenvalue weighted by Crippen LogP contribution is 2.07. The summed E-state index contributed by atoms with van der Waals surface area (Å²) in [6, 6.07) is 6.35. The first kappa shape index (κ1) is 14.8. The van der Waals surface area contributed by atoms with E-state index in [0.29, 0.717) is 12.2 Å². The lowest BCUT2D eigenvalue weighted by atomic mass is 10.1. The molecule has 0 fully saturated rings. The number of carbonyl (C=O) groups excluding carboxylic acids is 1. The standard InChI is InChI=1S/C15H21FO2/c1-2-3-4-7-10-18-12-14(17)11-13-8-5-6-9-15(13)16/h5-6,8-9H,2-4,7,10-12H2,1H3. The summed E-state index contributed by atoms with van der Waals surface area (Å²) in [5.74, 6) is -0.399. The van der Waals surface area contributed by atoms with E-state index in [0.717, 1.165) is 12.8 Å². The van der Waals surface area contributed by atoms with Crippen molar-refractivity contribution >= 4 is 5.78 Å². The number of unbranched alkanes of at least 4 members (excludes halogenated alkanes) is 3. The average Bonchev–Trinajstić information content (AvgIpc) is 2.36. The van der Waals surface area contributed by atoms with Gasteiger partial charge in [-0.05, 0) is 18.1 Å². The average molecular weight is 252 g/mol. The molecule has 1 rings (SSSR count). The summed E-state index contributed by atoms with van der Waals surface area (Å²) < 4.78 is 18.6.